The van der Waals surface area contributed by atoms with E-state index < -0.39 is 0 Å². The van der Waals surface area contributed by atoms with E-state index in [1.165, 1.54) is 35.7 Å². The number of nitrogens with one attached hydrogen (secondary N) is 1. The third-order valence-electron chi connectivity index (χ3n) is 3.94. The molecule has 1 aromatic carbocycles. The Morgan fingerprint density at radius 3 is 2.16 bits per heavy atom. The molecule has 0 saturated carbocycles. The summed E-state index contributed by atoms with van der Waals surface area (Å²) in [6, 6.07) is 8.79. The molecule has 0 amide bonds. The molecule has 2 heteroatoms. The van der Waals surface area contributed by atoms with Gasteiger partial charge in [-0.05, 0) is 55.5 Å². The summed E-state index contributed by atoms with van der Waals surface area (Å²) < 4.78 is 1.17. The van der Waals surface area contributed by atoms with Crippen molar-refractivity contribution in [2.45, 2.75) is 46.5 Å². The second kappa shape index (κ2) is 9.55. The Hall–Kier alpha value is -0.340. The highest BCUT2D eigenvalue weighted by atomic mass is 79.9. The first-order valence-corrected chi connectivity index (χ1v) is 8.43. The van der Waals surface area contributed by atoms with Gasteiger partial charge in [0.1, 0.15) is 0 Å². The second-order valence-corrected chi connectivity index (χ2v) is 6.34. The Balaban J connectivity index is 2.59. The molecule has 0 saturated heterocycles. The lowest BCUT2D eigenvalue weighted by Gasteiger charge is -2.22. The minimum atomic E-state index is 0.756. The van der Waals surface area contributed by atoms with Crippen molar-refractivity contribution in [1.29, 1.82) is 0 Å². The van der Waals surface area contributed by atoms with Crippen LogP contribution < -0.4 is 5.32 Å². The maximum absolute atomic E-state index is 3.52. The van der Waals surface area contributed by atoms with E-state index in [1.807, 2.05) is 0 Å². The van der Waals surface area contributed by atoms with Crippen molar-refractivity contribution >= 4 is 15.9 Å². The predicted molar refractivity (Wildman–Crippen MR) is 88.6 cm³/mol. The van der Waals surface area contributed by atoms with Crippen LogP contribution in [0.25, 0.3) is 0 Å². The van der Waals surface area contributed by atoms with Gasteiger partial charge in [0.2, 0.25) is 0 Å². The van der Waals surface area contributed by atoms with Crippen LogP contribution in [0, 0.1) is 11.8 Å². The maximum Gasteiger partial charge on any atom is 0.0175 e. The summed E-state index contributed by atoms with van der Waals surface area (Å²) in [4.78, 5) is 0. The molecule has 0 bridgehead atoms. The molecule has 1 rings (SSSR count). The quantitative estimate of drug-likeness (QED) is 0.670. The summed E-state index contributed by atoms with van der Waals surface area (Å²) in [5, 5.41) is 3.52. The van der Waals surface area contributed by atoms with Crippen molar-refractivity contribution in [3.05, 3.63) is 34.3 Å². The third-order valence-corrected chi connectivity index (χ3v) is 4.47. The van der Waals surface area contributed by atoms with E-state index in [0.717, 1.165) is 24.9 Å². The van der Waals surface area contributed by atoms with Gasteiger partial charge in [0.25, 0.3) is 0 Å². The van der Waals surface area contributed by atoms with Crippen LogP contribution in [0.4, 0.5) is 0 Å². The molecule has 0 aliphatic carbocycles. The predicted octanol–water partition coefficient (Wildman–Crippen LogP) is 5.04. The zero-order chi connectivity index (χ0) is 14.1. The summed E-state index contributed by atoms with van der Waals surface area (Å²) in [5.41, 5.74) is 1.46. The molecule has 1 unspecified atom stereocenters. The Kier molecular flexibility index (Phi) is 8.40. The van der Waals surface area contributed by atoms with Gasteiger partial charge in [-0.25, -0.2) is 0 Å². The molecule has 108 valence electrons. The van der Waals surface area contributed by atoms with Gasteiger partial charge in [0, 0.05) is 4.47 Å². The fourth-order valence-electron chi connectivity index (χ4n) is 2.63. The summed E-state index contributed by atoms with van der Waals surface area (Å²) in [6.07, 6.45) is 5.14. The van der Waals surface area contributed by atoms with Crippen LogP contribution in [0.15, 0.2) is 28.7 Å². The van der Waals surface area contributed by atoms with Gasteiger partial charge in [0.15, 0.2) is 0 Å². The van der Waals surface area contributed by atoms with Gasteiger partial charge < -0.3 is 5.32 Å². The van der Waals surface area contributed by atoms with Crippen LogP contribution in [0.3, 0.4) is 0 Å². The Bertz CT molecular complexity index is 330. The second-order valence-electron chi connectivity index (χ2n) is 5.42. The van der Waals surface area contributed by atoms with Gasteiger partial charge >= 0.3 is 0 Å². The Labute approximate surface area is 127 Å². The monoisotopic (exact) mass is 325 g/mol. The molecular formula is C17H28BrN. The molecule has 1 N–H and O–H groups in total. The summed E-state index contributed by atoms with van der Waals surface area (Å²) in [5.74, 6) is 1.63. The Morgan fingerprint density at radius 1 is 1.00 bits per heavy atom. The molecule has 0 aliphatic heterocycles. The molecule has 19 heavy (non-hydrogen) atoms. The van der Waals surface area contributed by atoms with Crippen LogP contribution in [0.1, 0.15) is 45.6 Å². The summed E-state index contributed by atoms with van der Waals surface area (Å²) in [6.45, 7) is 9.03. The van der Waals surface area contributed by atoms with E-state index in [2.05, 4.69) is 66.3 Å². The van der Waals surface area contributed by atoms with E-state index >= 15 is 0 Å². The average molecular weight is 326 g/mol. The molecular weight excluding hydrogens is 298 g/mol. The van der Waals surface area contributed by atoms with Gasteiger partial charge in [-0.15, -0.1) is 0 Å². The maximum atomic E-state index is 3.52. The topological polar surface area (TPSA) is 12.0 Å². The molecule has 0 heterocycles. The SMILES string of the molecule is CCNCC(Cc1ccc(Br)cc1)CC(CC)CC. The first-order valence-electron chi connectivity index (χ1n) is 7.64. The van der Waals surface area contributed by atoms with Crippen molar-refractivity contribution in [2.75, 3.05) is 13.1 Å². The third kappa shape index (κ3) is 6.58. The lowest BCUT2D eigenvalue weighted by Crippen LogP contribution is -2.26. The van der Waals surface area contributed by atoms with E-state index in [1.54, 1.807) is 0 Å². The lowest BCUT2D eigenvalue weighted by molar-refractivity contribution is 0.340. The van der Waals surface area contributed by atoms with Crippen molar-refractivity contribution in [1.82, 2.24) is 5.32 Å². The van der Waals surface area contributed by atoms with E-state index in [0.29, 0.717) is 0 Å². The minimum Gasteiger partial charge on any atom is -0.317 e. The first-order chi connectivity index (χ1) is 9.19. The van der Waals surface area contributed by atoms with E-state index in [4.69, 9.17) is 0 Å². The zero-order valence-corrected chi connectivity index (χ0v) is 14.2. The van der Waals surface area contributed by atoms with Crippen LogP contribution >= 0.6 is 15.9 Å². The van der Waals surface area contributed by atoms with E-state index in [9.17, 15) is 0 Å². The Morgan fingerprint density at radius 2 is 1.63 bits per heavy atom. The minimum absolute atomic E-state index is 0.756. The van der Waals surface area contributed by atoms with Gasteiger partial charge in [-0.1, -0.05) is 61.7 Å². The summed E-state index contributed by atoms with van der Waals surface area (Å²) >= 11 is 3.50. The zero-order valence-electron chi connectivity index (χ0n) is 12.6. The summed E-state index contributed by atoms with van der Waals surface area (Å²) in [7, 11) is 0. The lowest BCUT2D eigenvalue weighted by atomic mass is 9.86. The highest BCUT2D eigenvalue weighted by molar-refractivity contribution is 9.10. The molecule has 0 radical (unpaired) electrons. The van der Waals surface area contributed by atoms with Crippen LogP contribution in [-0.4, -0.2) is 13.1 Å². The highest BCUT2D eigenvalue weighted by Crippen LogP contribution is 2.22. The van der Waals surface area contributed by atoms with Gasteiger partial charge in [-0.2, -0.15) is 0 Å². The normalized spacial score (nSPS) is 12.9. The number of hydrogen-bond donors (Lipinski definition) is 1. The van der Waals surface area contributed by atoms with Crippen molar-refractivity contribution in [2.24, 2.45) is 11.8 Å². The highest BCUT2D eigenvalue weighted by Gasteiger charge is 2.14. The molecule has 0 spiro atoms. The van der Waals surface area contributed by atoms with Crippen LogP contribution in [0.2, 0.25) is 0 Å². The van der Waals surface area contributed by atoms with Crippen molar-refractivity contribution in [3.63, 3.8) is 0 Å². The van der Waals surface area contributed by atoms with Gasteiger partial charge in [-0.3, -0.25) is 0 Å². The van der Waals surface area contributed by atoms with Crippen molar-refractivity contribution < 1.29 is 0 Å². The molecule has 0 aliphatic rings. The number of halogens is 1. The molecule has 0 aromatic heterocycles. The number of benzene rings is 1. The average Bonchev–Trinajstić information content (AvgIpc) is 2.44. The number of rotatable bonds is 9. The number of hydrogen-bond acceptors (Lipinski definition) is 1. The molecule has 1 nitrogen and oxygen atoms in total. The fraction of sp³-hybridized carbons (Fsp3) is 0.647. The van der Waals surface area contributed by atoms with Crippen LogP contribution in [-0.2, 0) is 6.42 Å². The largest absolute Gasteiger partial charge is 0.317 e. The smallest absolute Gasteiger partial charge is 0.0175 e. The van der Waals surface area contributed by atoms with E-state index in [-0.39, 0.29) is 0 Å². The van der Waals surface area contributed by atoms with Crippen LogP contribution in [0.5, 0.6) is 0 Å². The molecule has 1 aromatic rings. The standard InChI is InChI=1S/C17H28BrN/c1-4-14(5-2)11-16(13-19-6-3)12-15-7-9-17(18)10-8-15/h7-10,14,16,19H,4-6,11-13H2,1-3H3. The van der Waals surface area contributed by atoms with Gasteiger partial charge in [0.05, 0.1) is 0 Å². The van der Waals surface area contributed by atoms with Crippen molar-refractivity contribution in [3.8, 4) is 0 Å². The molecule has 1 atom stereocenters. The fourth-order valence-corrected chi connectivity index (χ4v) is 2.90. The first kappa shape index (κ1) is 16.7. The molecule has 0 fully saturated rings.